The van der Waals surface area contributed by atoms with E-state index in [0.717, 1.165) is 18.9 Å². The van der Waals surface area contributed by atoms with Crippen molar-refractivity contribution in [2.75, 3.05) is 13.1 Å². The van der Waals surface area contributed by atoms with Crippen molar-refractivity contribution in [2.24, 2.45) is 0 Å². The molecule has 5 heteroatoms. The Bertz CT molecular complexity index is 538. The highest BCUT2D eigenvalue weighted by atomic mass is 16.5. The highest BCUT2D eigenvalue weighted by molar-refractivity contribution is 5.34. The molecule has 1 aliphatic heterocycles. The van der Waals surface area contributed by atoms with Gasteiger partial charge < -0.3 is 15.2 Å². The maximum atomic E-state index is 9.33. The van der Waals surface area contributed by atoms with Gasteiger partial charge in [-0.2, -0.15) is 0 Å². The van der Waals surface area contributed by atoms with E-state index in [0.29, 0.717) is 17.4 Å². The molecule has 3 rings (SSSR count). The lowest BCUT2D eigenvalue weighted by molar-refractivity contribution is 0.423. The topological polar surface area (TPSA) is 67.3 Å². The molecule has 92 valence electrons. The van der Waals surface area contributed by atoms with Gasteiger partial charge in [0.25, 0.3) is 0 Å². The average Bonchev–Trinajstić information content (AvgIpc) is 2.29. The number of nitrogens with one attached hydrogen (secondary N) is 1. The van der Waals surface area contributed by atoms with E-state index < -0.39 is 0 Å². The van der Waals surface area contributed by atoms with E-state index in [-0.39, 0.29) is 5.75 Å². The van der Waals surface area contributed by atoms with Crippen LogP contribution >= 0.6 is 0 Å². The van der Waals surface area contributed by atoms with Gasteiger partial charge in [-0.1, -0.05) is 6.07 Å². The summed E-state index contributed by atoms with van der Waals surface area (Å²) in [6.07, 6.45) is 3.31. The molecule has 0 bridgehead atoms. The van der Waals surface area contributed by atoms with Gasteiger partial charge in [0.15, 0.2) is 5.75 Å². The summed E-state index contributed by atoms with van der Waals surface area (Å²) >= 11 is 0. The number of hydrogen-bond donors (Lipinski definition) is 2. The number of phenolic OH excluding ortho intramolecular Hbond substituents is 1. The molecule has 0 radical (unpaired) electrons. The number of hydrogen-bond acceptors (Lipinski definition) is 5. The van der Waals surface area contributed by atoms with E-state index in [1.807, 2.05) is 0 Å². The lowest BCUT2D eigenvalue weighted by atomic mass is 10.0. The molecule has 18 heavy (non-hydrogen) atoms. The molecule has 2 aromatic rings. The Morgan fingerprint density at radius 3 is 2.56 bits per heavy atom. The first-order valence-corrected chi connectivity index (χ1v) is 5.81. The molecule has 1 saturated heterocycles. The Hall–Kier alpha value is -2.14. The number of phenols is 1. The van der Waals surface area contributed by atoms with E-state index in [9.17, 15) is 5.11 Å². The fourth-order valence-corrected chi connectivity index (χ4v) is 1.74. The van der Waals surface area contributed by atoms with Crippen LogP contribution in [0, 0.1) is 0 Å². The summed E-state index contributed by atoms with van der Waals surface area (Å²) in [5.41, 5.74) is 0. The van der Waals surface area contributed by atoms with E-state index >= 15 is 0 Å². The Labute approximate surface area is 104 Å². The number of rotatable bonds is 3. The second-order valence-electron chi connectivity index (χ2n) is 4.23. The molecule has 1 aromatic carbocycles. The van der Waals surface area contributed by atoms with Crippen LogP contribution in [0.3, 0.4) is 0 Å². The molecule has 0 atom stereocenters. The fourth-order valence-electron chi connectivity index (χ4n) is 1.74. The third-order valence-electron chi connectivity index (χ3n) is 2.85. The molecule has 0 aliphatic carbocycles. The molecule has 5 nitrogen and oxygen atoms in total. The van der Waals surface area contributed by atoms with Crippen LogP contribution in [-0.2, 0) is 0 Å². The number of benzene rings is 1. The van der Waals surface area contributed by atoms with Crippen LogP contribution in [0.2, 0.25) is 0 Å². The van der Waals surface area contributed by atoms with Gasteiger partial charge in [0.2, 0.25) is 0 Å². The van der Waals surface area contributed by atoms with Crippen LogP contribution in [-0.4, -0.2) is 28.2 Å². The highest BCUT2D eigenvalue weighted by Crippen LogP contribution is 2.24. The maximum absolute atomic E-state index is 9.33. The van der Waals surface area contributed by atoms with E-state index in [2.05, 4.69) is 15.3 Å². The van der Waals surface area contributed by atoms with E-state index in [1.54, 1.807) is 36.7 Å². The zero-order valence-corrected chi connectivity index (χ0v) is 9.71. The zero-order chi connectivity index (χ0) is 12.4. The summed E-state index contributed by atoms with van der Waals surface area (Å²) in [4.78, 5) is 8.56. The number of nitrogens with zero attached hydrogens (tertiary/aromatic N) is 2. The minimum Gasteiger partial charge on any atom is -0.508 e. The van der Waals surface area contributed by atoms with Crippen LogP contribution < -0.4 is 10.1 Å². The summed E-state index contributed by atoms with van der Waals surface area (Å²) in [5, 5.41) is 12.5. The average molecular weight is 243 g/mol. The molecule has 0 amide bonds. The lowest BCUT2D eigenvalue weighted by Crippen LogP contribution is -2.40. The molecule has 0 spiro atoms. The largest absolute Gasteiger partial charge is 0.508 e. The molecule has 1 fully saturated rings. The molecular weight excluding hydrogens is 230 g/mol. The Balaban J connectivity index is 1.72. The van der Waals surface area contributed by atoms with Gasteiger partial charge in [-0.15, -0.1) is 0 Å². The third kappa shape index (κ3) is 2.26. The van der Waals surface area contributed by atoms with E-state index in [4.69, 9.17) is 4.74 Å². The van der Waals surface area contributed by atoms with Crippen molar-refractivity contribution in [3.8, 4) is 17.2 Å². The Kier molecular flexibility index (Phi) is 2.82. The number of aromatic nitrogens is 2. The standard InChI is InChI=1S/C13H13N3O2/c17-10-2-1-3-11(4-10)18-12-7-15-13(16-8-12)9-5-14-6-9/h1-4,7-9,14,17H,5-6H2. The Morgan fingerprint density at radius 2 is 1.94 bits per heavy atom. The van der Waals surface area contributed by atoms with E-state index in [1.165, 1.54) is 0 Å². The molecule has 1 aliphatic rings. The van der Waals surface area contributed by atoms with Gasteiger partial charge in [-0.25, -0.2) is 9.97 Å². The Morgan fingerprint density at radius 1 is 1.17 bits per heavy atom. The normalized spacial score (nSPS) is 15.1. The predicted molar refractivity (Wildman–Crippen MR) is 65.8 cm³/mol. The summed E-state index contributed by atoms with van der Waals surface area (Å²) in [6.45, 7) is 1.87. The molecule has 0 saturated carbocycles. The lowest BCUT2D eigenvalue weighted by Gasteiger charge is -2.25. The smallest absolute Gasteiger partial charge is 0.164 e. The van der Waals surface area contributed by atoms with Crippen LogP contribution in [0.15, 0.2) is 36.7 Å². The summed E-state index contributed by atoms with van der Waals surface area (Å²) in [5.74, 6) is 2.57. The highest BCUT2D eigenvalue weighted by Gasteiger charge is 2.21. The maximum Gasteiger partial charge on any atom is 0.164 e. The zero-order valence-electron chi connectivity index (χ0n) is 9.71. The number of ether oxygens (including phenoxy) is 1. The monoisotopic (exact) mass is 243 g/mol. The van der Waals surface area contributed by atoms with Crippen molar-refractivity contribution >= 4 is 0 Å². The van der Waals surface area contributed by atoms with Crippen molar-refractivity contribution < 1.29 is 9.84 Å². The van der Waals surface area contributed by atoms with Crippen molar-refractivity contribution in [3.63, 3.8) is 0 Å². The molecule has 2 N–H and O–H groups in total. The van der Waals surface area contributed by atoms with Gasteiger partial charge in [0.05, 0.1) is 12.4 Å². The molecular formula is C13H13N3O2. The first-order valence-electron chi connectivity index (χ1n) is 5.81. The predicted octanol–water partition coefficient (Wildman–Crippen LogP) is 1.66. The van der Waals surface area contributed by atoms with Crippen molar-refractivity contribution in [1.29, 1.82) is 0 Å². The molecule has 2 heterocycles. The van der Waals surface area contributed by atoms with Crippen LogP contribution in [0.1, 0.15) is 11.7 Å². The summed E-state index contributed by atoms with van der Waals surface area (Å²) in [6, 6.07) is 6.63. The first-order chi connectivity index (χ1) is 8.81. The van der Waals surface area contributed by atoms with Gasteiger partial charge in [-0.05, 0) is 12.1 Å². The summed E-state index contributed by atoms with van der Waals surface area (Å²) < 4.78 is 5.54. The minimum atomic E-state index is 0.172. The molecule has 1 aromatic heterocycles. The SMILES string of the molecule is Oc1cccc(Oc2cnc(C3CNC3)nc2)c1. The second kappa shape index (κ2) is 4.62. The van der Waals surface area contributed by atoms with Crippen LogP contribution in [0.4, 0.5) is 0 Å². The van der Waals surface area contributed by atoms with Crippen molar-refractivity contribution in [3.05, 3.63) is 42.5 Å². The first kappa shape index (κ1) is 11.0. The van der Waals surface area contributed by atoms with Crippen molar-refractivity contribution in [2.45, 2.75) is 5.92 Å². The number of aromatic hydroxyl groups is 1. The van der Waals surface area contributed by atoms with Gasteiger partial charge >= 0.3 is 0 Å². The van der Waals surface area contributed by atoms with Crippen LogP contribution in [0.25, 0.3) is 0 Å². The fraction of sp³-hybridized carbons (Fsp3) is 0.231. The van der Waals surface area contributed by atoms with Gasteiger partial charge in [0.1, 0.15) is 17.3 Å². The summed E-state index contributed by atoms with van der Waals surface area (Å²) in [7, 11) is 0. The van der Waals surface area contributed by atoms with Crippen LogP contribution in [0.5, 0.6) is 17.2 Å². The minimum absolute atomic E-state index is 0.172. The van der Waals surface area contributed by atoms with Crippen molar-refractivity contribution in [1.82, 2.24) is 15.3 Å². The third-order valence-corrected chi connectivity index (χ3v) is 2.85. The van der Waals surface area contributed by atoms with Gasteiger partial charge in [-0.3, -0.25) is 0 Å². The quantitative estimate of drug-likeness (QED) is 0.858. The second-order valence-corrected chi connectivity index (χ2v) is 4.23. The van der Waals surface area contributed by atoms with Gasteiger partial charge in [0, 0.05) is 25.1 Å². The molecule has 0 unspecified atom stereocenters.